The van der Waals surface area contributed by atoms with Gasteiger partial charge in [-0.25, -0.2) is 8.78 Å². The van der Waals surface area contributed by atoms with Gasteiger partial charge in [-0.2, -0.15) is 5.10 Å². The van der Waals surface area contributed by atoms with E-state index in [4.69, 9.17) is 10.5 Å². The number of halogens is 2. The number of hydrogen-bond acceptors (Lipinski definition) is 3. The first kappa shape index (κ1) is 13.1. The van der Waals surface area contributed by atoms with E-state index in [1.54, 1.807) is 0 Å². The number of anilines is 1. The molecule has 3 rings (SSSR count). The van der Waals surface area contributed by atoms with Crippen LogP contribution in [0.4, 0.5) is 14.6 Å². The summed E-state index contributed by atoms with van der Waals surface area (Å²) in [6.45, 7) is 1.30. The van der Waals surface area contributed by atoms with Gasteiger partial charge < -0.3 is 10.5 Å². The van der Waals surface area contributed by atoms with E-state index in [-0.39, 0.29) is 11.7 Å². The summed E-state index contributed by atoms with van der Waals surface area (Å²) in [5.74, 6) is -0.900. The van der Waals surface area contributed by atoms with Crippen molar-refractivity contribution in [2.75, 3.05) is 18.9 Å². The Kier molecular flexibility index (Phi) is 3.40. The Hall–Kier alpha value is -1.95. The number of benzene rings is 1. The van der Waals surface area contributed by atoms with E-state index >= 15 is 0 Å². The number of H-pyrrole nitrogens is 1. The standard InChI is InChI=1S/C14H15F2N3O/c15-10-4-9(5-11(16)6-10)12-13(18-19-14(12)17)8-2-1-3-20-7-8/h4-6,8H,1-3,7H2,(H3,17,18,19). The van der Waals surface area contributed by atoms with Gasteiger partial charge in [0, 0.05) is 24.2 Å². The fourth-order valence-corrected chi connectivity index (χ4v) is 2.64. The van der Waals surface area contributed by atoms with Crippen molar-refractivity contribution in [3.63, 3.8) is 0 Å². The van der Waals surface area contributed by atoms with Gasteiger partial charge in [0.2, 0.25) is 0 Å². The average Bonchev–Trinajstić information content (AvgIpc) is 2.80. The second kappa shape index (κ2) is 5.20. The van der Waals surface area contributed by atoms with Crippen LogP contribution in [0.1, 0.15) is 24.5 Å². The number of ether oxygens (including phenoxy) is 1. The highest BCUT2D eigenvalue weighted by Crippen LogP contribution is 2.36. The smallest absolute Gasteiger partial charge is 0.153 e. The van der Waals surface area contributed by atoms with Gasteiger partial charge in [-0.1, -0.05) is 0 Å². The predicted molar refractivity (Wildman–Crippen MR) is 71.1 cm³/mol. The van der Waals surface area contributed by atoms with E-state index in [1.807, 2.05) is 0 Å². The minimum atomic E-state index is -0.633. The van der Waals surface area contributed by atoms with Crippen molar-refractivity contribution >= 4 is 5.82 Å². The van der Waals surface area contributed by atoms with Crippen molar-refractivity contribution in [2.45, 2.75) is 18.8 Å². The Morgan fingerprint density at radius 2 is 2.00 bits per heavy atom. The van der Waals surface area contributed by atoms with E-state index in [9.17, 15) is 8.78 Å². The molecule has 6 heteroatoms. The summed E-state index contributed by atoms with van der Waals surface area (Å²) < 4.78 is 32.2. The molecule has 0 radical (unpaired) electrons. The molecule has 1 atom stereocenters. The second-order valence-corrected chi connectivity index (χ2v) is 4.97. The van der Waals surface area contributed by atoms with Crippen molar-refractivity contribution < 1.29 is 13.5 Å². The molecule has 20 heavy (non-hydrogen) atoms. The highest BCUT2D eigenvalue weighted by molar-refractivity contribution is 5.76. The fourth-order valence-electron chi connectivity index (χ4n) is 2.64. The van der Waals surface area contributed by atoms with Crippen LogP contribution in [-0.2, 0) is 4.74 Å². The van der Waals surface area contributed by atoms with Crippen LogP contribution in [0.3, 0.4) is 0 Å². The number of rotatable bonds is 2. The fraction of sp³-hybridized carbons (Fsp3) is 0.357. The molecule has 1 fully saturated rings. The van der Waals surface area contributed by atoms with Gasteiger partial charge >= 0.3 is 0 Å². The van der Waals surface area contributed by atoms with E-state index < -0.39 is 11.6 Å². The van der Waals surface area contributed by atoms with Crippen molar-refractivity contribution in [3.05, 3.63) is 35.5 Å². The minimum absolute atomic E-state index is 0.120. The molecule has 0 saturated carbocycles. The van der Waals surface area contributed by atoms with Gasteiger partial charge in [0.05, 0.1) is 12.3 Å². The first-order chi connectivity index (χ1) is 9.65. The maximum atomic E-state index is 13.4. The topological polar surface area (TPSA) is 63.9 Å². The van der Waals surface area contributed by atoms with E-state index in [0.29, 0.717) is 17.7 Å². The largest absolute Gasteiger partial charge is 0.382 e. The summed E-state index contributed by atoms with van der Waals surface area (Å²) in [5, 5.41) is 6.86. The number of nitrogens with two attached hydrogens (primary N) is 1. The summed E-state index contributed by atoms with van der Waals surface area (Å²) in [4.78, 5) is 0. The Labute approximate surface area is 114 Å². The quantitative estimate of drug-likeness (QED) is 0.888. The summed E-state index contributed by atoms with van der Waals surface area (Å²) in [7, 11) is 0. The summed E-state index contributed by atoms with van der Waals surface area (Å²) in [6.07, 6.45) is 1.88. The van der Waals surface area contributed by atoms with Crippen LogP contribution in [0.2, 0.25) is 0 Å². The molecule has 1 aliphatic rings. The third kappa shape index (κ3) is 2.38. The molecule has 2 aromatic rings. The SMILES string of the molecule is Nc1n[nH]c(C2CCCOC2)c1-c1cc(F)cc(F)c1. The summed E-state index contributed by atoms with van der Waals surface area (Å²) in [6, 6.07) is 3.36. The summed E-state index contributed by atoms with van der Waals surface area (Å²) in [5.41, 5.74) is 7.60. The first-order valence-electron chi connectivity index (χ1n) is 6.53. The molecule has 1 unspecified atom stereocenters. The normalized spacial score (nSPS) is 19.2. The van der Waals surface area contributed by atoms with Gasteiger partial charge in [0.25, 0.3) is 0 Å². The van der Waals surface area contributed by atoms with Crippen molar-refractivity contribution in [1.29, 1.82) is 0 Å². The zero-order valence-electron chi connectivity index (χ0n) is 10.8. The number of nitrogen functional groups attached to an aromatic ring is 1. The van der Waals surface area contributed by atoms with Crippen LogP contribution in [0.25, 0.3) is 11.1 Å². The van der Waals surface area contributed by atoms with Gasteiger partial charge in [0.1, 0.15) is 11.6 Å². The molecule has 1 aromatic carbocycles. The molecular formula is C14H15F2N3O. The number of nitrogens with one attached hydrogen (secondary N) is 1. The molecule has 4 nitrogen and oxygen atoms in total. The van der Waals surface area contributed by atoms with Crippen molar-refractivity contribution in [1.82, 2.24) is 10.2 Å². The van der Waals surface area contributed by atoms with Crippen LogP contribution in [0, 0.1) is 11.6 Å². The predicted octanol–water partition coefficient (Wildman–Crippen LogP) is 2.83. The highest BCUT2D eigenvalue weighted by Gasteiger charge is 2.24. The lowest BCUT2D eigenvalue weighted by atomic mass is 9.92. The molecular weight excluding hydrogens is 264 g/mol. The molecule has 0 bridgehead atoms. The maximum Gasteiger partial charge on any atom is 0.153 e. The van der Waals surface area contributed by atoms with Crippen molar-refractivity contribution in [2.24, 2.45) is 0 Å². The molecule has 106 valence electrons. The van der Waals surface area contributed by atoms with Crippen LogP contribution in [-0.4, -0.2) is 23.4 Å². The highest BCUT2D eigenvalue weighted by atomic mass is 19.1. The van der Waals surface area contributed by atoms with Gasteiger partial charge in [0.15, 0.2) is 5.82 Å². The lowest BCUT2D eigenvalue weighted by molar-refractivity contribution is 0.0794. The third-order valence-electron chi connectivity index (χ3n) is 3.54. The number of hydrogen-bond donors (Lipinski definition) is 2. The van der Waals surface area contributed by atoms with Crippen LogP contribution in [0.5, 0.6) is 0 Å². The lowest BCUT2D eigenvalue weighted by Crippen LogP contribution is -2.16. The van der Waals surface area contributed by atoms with E-state index in [0.717, 1.165) is 31.2 Å². The molecule has 0 amide bonds. The third-order valence-corrected chi connectivity index (χ3v) is 3.54. The lowest BCUT2D eigenvalue weighted by Gasteiger charge is -2.22. The maximum absolute atomic E-state index is 13.4. The zero-order chi connectivity index (χ0) is 14.1. The van der Waals surface area contributed by atoms with Gasteiger partial charge in [-0.05, 0) is 30.5 Å². The Morgan fingerprint density at radius 3 is 2.65 bits per heavy atom. The average molecular weight is 279 g/mol. The van der Waals surface area contributed by atoms with E-state index in [2.05, 4.69) is 10.2 Å². The van der Waals surface area contributed by atoms with Crippen molar-refractivity contribution in [3.8, 4) is 11.1 Å². The number of nitrogens with zero attached hydrogens (tertiary/aromatic N) is 1. The second-order valence-electron chi connectivity index (χ2n) is 4.97. The van der Waals surface area contributed by atoms with E-state index in [1.165, 1.54) is 12.1 Å². The van der Waals surface area contributed by atoms with Crippen LogP contribution < -0.4 is 5.73 Å². The number of aromatic nitrogens is 2. The number of aromatic amines is 1. The summed E-state index contributed by atoms with van der Waals surface area (Å²) >= 11 is 0. The Balaban J connectivity index is 2.06. The molecule has 1 saturated heterocycles. The molecule has 1 aliphatic heterocycles. The van der Waals surface area contributed by atoms with Crippen LogP contribution in [0.15, 0.2) is 18.2 Å². The van der Waals surface area contributed by atoms with Crippen LogP contribution >= 0.6 is 0 Å². The molecule has 2 heterocycles. The Bertz CT molecular complexity index is 601. The minimum Gasteiger partial charge on any atom is -0.382 e. The van der Waals surface area contributed by atoms with Gasteiger partial charge in [-0.15, -0.1) is 0 Å². The monoisotopic (exact) mass is 279 g/mol. The zero-order valence-corrected chi connectivity index (χ0v) is 10.8. The Morgan fingerprint density at radius 1 is 1.25 bits per heavy atom. The van der Waals surface area contributed by atoms with Gasteiger partial charge in [-0.3, -0.25) is 5.10 Å². The molecule has 3 N–H and O–H groups in total. The molecule has 0 aliphatic carbocycles. The first-order valence-corrected chi connectivity index (χ1v) is 6.53. The molecule has 1 aromatic heterocycles. The molecule has 0 spiro atoms.